The van der Waals surface area contributed by atoms with Gasteiger partial charge in [0.1, 0.15) is 0 Å². The van der Waals surface area contributed by atoms with Crippen LogP contribution in [0.15, 0.2) is 47.6 Å². The van der Waals surface area contributed by atoms with Gasteiger partial charge in [-0.25, -0.2) is 0 Å². The van der Waals surface area contributed by atoms with E-state index in [2.05, 4.69) is 52.6 Å². The summed E-state index contributed by atoms with van der Waals surface area (Å²) in [5.41, 5.74) is 14.4. The first kappa shape index (κ1) is 11.5. The minimum absolute atomic E-state index is 0.185. The van der Waals surface area contributed by atoms with Gasteiger partial charge in [0.25, 0.3) is 0 Å². The van der Waals surface area contributed by atoms with Crippen molar-refractivity contribution in [2.24, 2.45) is 5.11 Å². The van der Waals surface area contributed by atoms with Crippen molar-refractivity contribution >= 4 is 5.69 Å². The van der Waals surface area contributed by atoms with Gasteiger partial charge in [-0.15, -0.1) is 0 Å². The van der Waals surface area contributed by atoms with E-state index in [9.17, 15) is 0 Å². The highest BCUT2D eigenvalue weighted by atomic mass is 15.1. The van der Waals surface area contributed by atoms with Crippen molar-refractivity contribution in [2.45, 2.75) is 24.9 Å². The molecule has 2 heterocycles. The minimum Gasteiger partial charge on any atom is -0.297 e. The molecule has 0 aromatic heterocycles. The van der Waals surface area contributed by atoms with Gasteiger partial charge in [-0.05, 0) is 47.2 Å². The molecule has 2 aromatic rings. The van der Waals surface area contributed by atoms with Crippen LogP contribution in [0.25, 0.3) is 10.4 Å². The average molecular weight is 262 g/mol. The molecule has 0 saturated carbocycles. The summed E-state index contributed by atoms with van der Waals surface area (Å²) in [7, 11) is 0. The molecular weight excluding hydrogens is 248 g/mol. The number of fused-ring (bicyclic) bond motifs is 7. The molecule has 4 nitrogen and oxygen atoms in total. The van der Waals surface area contributed by atoms with Crippen LogP contribution in [0.5, 0.6) is 0 Å². The first-order chi connectivity index (χ1) is 9.72. The maximum atomic E-state index is 8.62. The molecule has 0 saturated heterocycles. The van der Waals surface area contributed by atoms with Crippen LogP contribution in [0.4, 0.5) is 5.69 Å². The molecule has 0 unspecified atom stereocenters. The van der Waals surface area contributed by atoms with E-state index in [1.54, 1.807) is 0 Å². The van der Waals surface area contributed by atoms with E-state index < -0.39 is 0 Å². The van der Waals surface area contributed by atoms with Gasteiger partial charge in [-0.3, -0.25) is 5.32 Å². The zero-order valence-corrected chi connectivity index (χ0v) is 11.2. The van der Waals surface area contributed by atoms with Crippen LogP contribution in [0.3, 0.4) is 0 Å². The molecule has 4 rings (SSSR count). The van der Waals surface area contributed by atoms with Crippen molar-refractivity contribution in [3.8, 4) is 0 Å². The van der Waals surface area contributed by atoms with Crippen LogP contribution in [0.2, 0.25) is 0 Å². The average Bonchev–Trinajstić information content (AvgIpc) is 2.71. The van der Waals surface area contributed by atoms with Gasteiger partial charge in [-0.2, -0.15) is 0 Å². The normalized spacial score (nSPS) is 25.6. The monoisotopic (exact) mass is 262 g/mol. The summed E-state index contributed by atoms with van der Waals surface area (Å²) in [6.07, 6.45) is 0.985. The predicted molar refractivity (Wildman–Crippen MR) is 77.7 cm³/mol. The topological polar surface area (TPSA) is 60.8 Å². The van der Waals surface area contributed by atoms with Crippen LogP contribution in [0, 0.1) is 0 Å². The van der Waals surface area contributed by atoms with Crippen molar-refractivity contribution in [2.75, 3.05) is 0 Å². The van der Waals surface area contributed by atoms with Crippen molar-refractivity contribution < 1.29 is 0 Å². The van der Waals surface area contributed by atoms with Gasteiger partial charge >= 0.3 is 0 Å². The molecule has 0 amide bonds. The van der Waals surface area contributed by atoms with Crippen LogP contribution in [-0.4, -0.2) is 0 Å². The number of nitrogens with one attached hydrogen (secondary N) is 1. The van der Waals surface area contributed by atoms with Crippen molar-refractivity contribution in [3.63, 3.8) is 0 Å². The van der Waals surface area contributed by atoms with Crippen LogP contribution in [0.1, 0.15) is 35.2 Å². The molecule has 2 aromatic carbocycles. The van der Waals surface area contributed by atoms with E-state index in [0.29, 0.717) is 11.7 Å². The zero-order valence-electron chi connectivity index (χ0n) is 11.2. The number of rotatable bonds is 1. The third kappa shape index (κ3) is 1.38. The maximum absolute atomic E-state index is 8.62. The number of nitrogens with zero attached hydrogens (tertiary/aromatic N) is 3. The third-order valence-corrected chi connectivity index (χ3v) is 4.55. The Labute approximate surface area is 117 Å². The quantitative estimate of drug-likeness (QED) is 0.469. The second-order valence-electron chi connectivity index (χ2n) is 5.64. The molecule has 0 spiro atoms. The Morgan fingerprint density at radius 2 is 2.10 bits per heavy atom. The summed E-state index contributed by atoms with van der Waals surface area (Å²) in [5.74, 6) is 0. The lowest BCUT2D eigenvalue weighted by Gasteiger charge is -2.34. The molecule has 2 bridgehead atoms. The standard InChI is InChI=1S/C16H14N4/c1-16-13-5-3-2-4-12(13)15(18-16)8-10-6-7-11(19-20-17)9-14(10)16/h2-7,9,15,18H,8H2,1H3/t15-,16+/m1/s1. The fourth-order valence-electron chi connectivity index (χ4n) is 3.69. The Balaban J connectivity index is 1.98. The third-order valence-electron chi connectivity index (χ3n) is 4.55. The van der Waals surface area contributed by atoms with Crippen molar-refractivity contribution in [1.29, 1.82) is 0 Å². The molecule has 2 aliphatic heterocycles. The molecule has 2 aliphatic rings. The smallest absolute Gasteiger partial charge is 0.0672 e. The second-order valence-corrected chi connectivity index (χ2v) is 5.64. The summed E-state index contributed by atoms with van der Waals surface area (Å²) in [6.45, 7) is 2.21. The lowest BCUT2D eigenvalue weighted by Crippen LogP contribution is -2.41. The summed E-state index contributed by atoms with van der Waals surface area (Å²) in [5, 5.41) is 7.46. The minimum atomic E-state index is -0.185. The first-order valence-corrected chi connectivity index (χ1v) is 6.78. The lowest BCUT2D eigenvalue weighted by atomic mass is 9.82. The number of hydrogen-bond donors (Lipinski definition) is 1. The van der Waals surface area contributed by atoms with Gasteiger partial charge in [-0.1, -0.05) is 41.5 Å². The predicted octanol–water partition coefficient (Wildman–Crippen LogP) is 4.09. The Kier molecular flexibility index (Phi) is 2.22. The summed E-state index contributed by atoms with van der Waals surface area (Å²) >= 11 is 0. The van der Waals surface area contributed by atoms with Crippen LogP contribution in [-0.2, 0) is 12.0 Å². The van der Waals surface area contributed by atoms with E-state index in [1.165, 1.54) is 22.3 Å². The molecule has 2 atom stereocenters. The van der Waals surface area contributed by atoms with E-state index in [4.69, 9.17) is 5.53 Å². The Morgan fingerprint density at radius 3 is 2.95 bits per heavy atom. The summed E-state index contributed by atoms with van der Waals surface area (Å²) in [6, 6.07) is 15.0. The van der Waals surface area contributed by atoms with Crippen LogP contribution >= 0.6 is 0 Å². The highest BCUT2D eigenvalue weighted by Crippen LogP contribution is 2.48. The Morgan fingerprint density at radius 1 is 1.25 bits per heavy atom. The molecule has 1 N–H and O–H groups in total. The SMILES string of the molecule is C[C@@]12N[C@H](Cc3ccc(N=[N+]=[N-])cc31)c1ccccc12. The highest BCUT2D eigenvalue weighted by Gasteiger charge is 2.45. The molecular formula is C16H14N4. The fraction of sp³-hybridized carbons (Fsp3) is 0.250. The van der Waals surface area contributed by atoms with Gasteiger partial charge in [0, 0.05) is 16.6 Å². The van der Waals surface area contributed by atoms with Gasteiger partial charge < -0.3 is 0 Å². The van der Waals surface area contributed by atoms with Crippen LogP contribution < -0.4 is 5.32 Å². The molecule has 0 aliphatic carbocycles. The first-order valence-electron chi connectivity index (χ1n) is 6.78. The van der Waals surface area contributed by atoms with Crippen molar-refractivity contribution in [1.82, 2.24) is 5.32 Å². The molecule has 98 valence electrons. The molecule has 0 fully saturated rings. The number of azide groups is 1. The summed E-state index contributed by atoms with van der Waals surface area (Å²) < 4.78 is 0. The maximum Gasteiger partial charge on any atom is 0.0672 e. The van der Waals surface area contributed by atoms with Gasteiger partial charge in [0.15, 0.2) is 0 Å². The van der Waals surface area contributed by atoms with E-state index in [1.807, 2.05) is 12.1 Å². The molecule has 0 radical (unpaired) electrons. The Bertz CT molecular complexity index is 761. The highest BCUT2D eigenvalue weighted by molar-refractivity contribution is 5.58. The Hall–Kier alpha value is -2.29. The lowest BCUT2D eigenvalue weighted by molar-refractivity contribution is 0.389. The second kappa shape index (κ2) is 3.85. The fourth-order valence-corrected chi connectivity index (χ4v) is 3.69. The number of hydrogen-bond acceptors (Lipinski definition) is 2. The number of benzene rings is 2. The van der Waals surface area contributed by atoms with E-state index >= 15 is 0 Å². The van der Waals surface area contributed by atoms with Crippen molar-refractivity contribution in [3.05, 3.63) is 75.2 Å². The zero-order chi connectivity index (χ0) is 13.7. The van der Waals surface area contributed by atoms with E-state index in [-0.39, 0.29) is 5.54 Å². The van der Waals surface area contributed by atoms with Gasteiger partial charge in [0.05, 0.1) is 5.54 Å². The largest absolute Gasteiger partial charge is 0.297 e. The summed E-state index contributed by atoms with van der Waals surface area (Å²) in [4.78, 5) is 2.89. The van der Waals surface area contributed by atoms with E-state index in [0.717, 1.165) is 6.42 Å². The molecule has 20 heavy (non-hydrogen) atoms. The van der Waals surface area contributed by atoms with Gasteiger partial charge in [0.2, 0.25) is 0 Å². The molecule has 4 heteroatoms.